The van der Waals surface area contributed by atoms with Crippen LogP contribution in [-0.2, 0) is 9.68 Å². The predicted molar refractivity (Wildman–Crippen MR) is 7.15 cm³/mol. The summed E-state index contributed by atoms with van der Waals surface area (Å²) in [7, 11) is 0. The van der Waals surface area contributed by atoms with Crippen LogP contribution in [0.15, 0.2) is 0 Å². The van der Waals surface area contributed by atoms with E-state index >= 15 is 0 Å². The fourth-order valence-electron chi connectivity index (χ4n) is 0. The van der Waals surface area contributed by atoms with Gasteiger partial charge in [-0.1, -0.05) is 0 Å². The lowest BCUT2D eigenvalue weighted by molar-refractivity contribution is -0.652. The van der Waals surface area contributed by atoms with Gasteiger partial charge in [-0.25, -0.2) is 0 Å². The number of hydrogen-bond acceptors (Lipinski definition) is 3. The Morgan fingerprint density at radius 1 is 2.00 bits per heavy atom. The van der Waals surface area contributed by atoms with Gasteiger partial charge in [-0.05, 0) is 0 Å². The van der Waals surface area contributed by atoms with Crippen LogP contribution in [0.25, 0.3) is 0 Å². The minimum atomic E-state index is -0.181. The van der Waals surface area contributed by atoms with Crippen molar-refractivity contribution < 1.29 is 14.9 Å². The van der Waals surface area contributed by atoms with Crippen LogP contribution in [0.1, 0.15) is 0 Å². The smallest absolute Gasteiger partial charge is 0.287 e. The molecule has 0 spiro atoms. The molecule has 0 bridgehead atoms. The molecule has 0 N–H and O–H groups in total. The molecule has 0 atom stereocenters. The Hall–Kier alpha value is -0.570. The van der Waals surface area contributed by atoms with Crippen molar-refractivity contribution in [3.05, 3.63) is 0 Å². The van der Waals surface area contributed by atoms with Gasteiger partial charge in [0, 0.05) is 0 Å². The van der Waals surface area contributed by atoms with E-state index in [0.29, 0.717) is 0 Å². The van der Waals surface area contributed by atoms with Crippen LogP contribution in [0.4, 0.5) is 0 Å². The standard InChI is InChI=1S/CH2O3/c2-1-4-3/h1,3H/p-1. The van der Waals surface area contributed by atoms with E-state index in [1.54, 1.807) is 0 Å². The average Bonchev–Trinajstić information content (AvgIpc) is 1.37. The third-order valence-corrected chi connectivity index (χ3v) is 0.0393. The van der Waals surface area contributed by atoms with Gasteiger partial charge in [0.05, 0.1) is 0 Å². The zero-order valence-electron chi connectivity index (χ0n) is 1.80. The fourth-order valence-corrected chi connectivity index (χ4v) is 0. The molecule has 0 aliphatic carbocycles. The van der Waals surface area contributed by atoms with Gasteiger partial charge in [0.15, 0.2) is 0 Å². The summed E-state index contributed by atoms with van der Waals surface area (Å²) >= 11 is 0. The quantitative estimate of drug-likeness (QED) is 0.209. The molecular weight excluding hydrogens is 60.0 g/mol. The molecular formula is CHO3-. The summed E-state index contributed by atoms with van der Waals surface area (Å²) in [5.41, 5.74) is 0. The van der Waals surface area contributed by atoms with E-state index < -0.39 is 0 Å². The molecule has 4 heavy (non-hydrogen) atoms. The first-order valence-corrected chi connectivity index (χ1v) is 0.638. The maximum absolute atomic E-state index is 8.64. The van der Waals surface area contributed by atoms with Gasteiger partial charge in [-0.2, -0.15) is 0 Å². The second-order valence-corrected chi connectivity index (χ2v) is 0.192. The SMILES string of the molecule is O=CO[O-]. The van der Waals surface area contributed by atoms with E-state index in [0.717, 1.165) is 0 Å². The van der Waals surface area contributed by atoms with Gasteiger partial charge in [0.2, 0.25) is 0 Å². The molecule has 0 aromatic carbocycles. The van der Waals surface area contributed by atoms with Crippen molar-refractivity contribution in [2.45, 2.75) is 0 Å². The van der Waals surface area contributed by atoms with Gasteiger partial charge in [0.25, 0.3) is 6.47 Å². The highest BCUT2D eigenvalue weighted by atomic mass is 17.1. The Kier molecular flexibility index (Phi) is 2.08. The molecule has 0 amide bonds. The van der Waals surface area contributed by atoms with E-state index in [1.165, 1.54) is 0 Å². The van der Waals surface area contributed by atoms with E-state index in [1.807, 2.05) is 0 Å². The minimum absolute atomic E-state index is 0.181. The van der Waals surface area contributed by atoms with Crippen LogP contribution in [0.5, 0.6) is 0 Å². The zero-order chi connectivity index (χ0) is 3.41. The molecule has 0 radical (unpaired) electrons. The summed E-state index contributed by atoms with van der Waals surface area (Å²) in [6.45, 7) is -0.181. The second-order valence-electron chi connectivity index (χ2n) is 0.192. The van der Waals surface area contributed by atoms with Crippen molar-refractivity contribution in [2.75, 3.05) is 0 Å². The number of carbonyl (C=O) groups excluding carboxylic acids is 1. The van der Waals surface area contributed by atoms with Gasteiger partial charge in [0.1, 0.15) is 0 Å². The van der Waals surface area contributed by atoms with Crippen LogP contribution in [0.3, 0.4) is 0 Å². The summed E-state index contributed by atoms with van der Waals surface area (Å²) in [5, 5.41) is 8.43. The number of hydrogen-bond donors (Lipinski definition) is 0. The second kappa shape index (κ2) is 2.43. The first-order chi connectivity index (χ1) is 1.91. The molecule has 0 aliphatic heterocycles. The van der Waals surface area contributed by atoms with E-state index in [4.69, 9.17) is 10.1 Å². The Bertz CT molecular complexity index is 17.2. The van der Waals surface area contributed by atoms with E-state index in [9.17, 15) is 0 Å². The molecule has 0 heterocycles. The van der Waals surface area contributed by atoms with Crippen molar-refractivity contribution in [3.8, 4) is 0 Å². The Morgan fingerprint density at radius 3 is 2.25 bits per heavy atom. The third kappa shape index (κ3) is 1.43. The lowest BCUT2D eigenvalue weighted by Crippen LogP contribution is -2.00. The molecule has 0 aromatic rings. The number of carbonyl (C=O) groups is 1. The van der Waals surface area contributed by atoms with Crippen LogP contribution >= 0.6 is 0 Å². The Labute approximate surface area is 22.7 Å². The normalized spacial score (nSPS) is 5.25. The molecule has 0 fully saturated rings. The van der Waals surface area contributed by atoms with Gasteiger partial charge in [-0.3, -0.25) is 4.79 Å². The summed E-state index contributed by atoms with van der Waals surface area (Å²) in [4.78, 5) is 11.2. The van der Waals surface area contributed by atoms with Crippen molar-refractivity contribution in [1.29, 1.82) is 0 Å². The summed E-state index contributed by atoms with van der Waals surface area (Å²) in [6, 6.07) is 0. The van der Waals surface area contributed by atoms with Crippen LogP contribution in [-0.4, -0.2) is 6.47 Å². The van der Waals surface area contributed by atoms with E-state index in [-0.39, 0.29) is 6.47 Å². The van der Waals surface area contributed by atoms with Crippen molar-refractivity contribution >= 4 is 6.47 Å². The highest BCUT2D eigenvalue weighted by molar-refractivity contribution is 5.35. The summed E-state index contributed by atoms with van der Waals surface area (Å²) in [6.07, 6.45) is 0. The molecule has 0 saturated heterocycles. The van der Waals surface area contributed by atoms with Crippen LogP contribution in [0.2, 0.25) is 0 Å². The maximum Gasteiger partial charge on any atom is 0.287 e. The van der Waals surface area contributed by atoms with Crippen molar-refractivity contribution in [3.63, 3.8) is 0 Å². The maximum atomic E-state index is 8.64. The first kappa shape index (κ1) is 3.43. The molecule has 24 valence electrons. The summed E-state index contributed by atoms with van der Waals surface area (Å²) in [5.74, 6) is 0. The molecule has 0 rings (SSSR count). The fraction of sp³-hybridized carbons (Fsp3) is 0. The molecule has 0 aromatic heterocycles. The van der Waals surface area contributed by atoms with Crippen LogP contribution < -0.4 is 5.26 Å². The monoisotopic (exact) mass is 61.0 g/mol. The number of rotatable bonds is 1. The largest absolute Gasteiger partial charge is 0.662 e. The lowest BCUT2D eigenvalue weighted by atomic mass is 11.7. The topological polar surface area (TPSA) is 49.4 Å². The van der Waals surface area contributed by atoms with E-state index in [2.05, 4.69) is 4.89 Å². The average molecular weight is 61.0 g/mol. The molecule has 0 unspecified atom stereocenters. The minimum Gasteiger partial charge on any atom is -0.662 e. The molecule has 3 nitrogen and oxygen atoms in total. The Balaban J connectivity index is 2.30. The summed E-state index contributed by atoms with van der Waals surface area (Å²) < 4.78 is 0. The highest BCUT2D eigenvalue weighted by Gasteiger charge is 1.34. The third-order valence-electron chi connectivity index (χ3n) is 0.0393. The van der Waals surface area contributed by atoms with Gasteiger partial charge in [-0.15, -0.1) is 0 Å². The lowest BCUT2D eigenvalue weighted by Gasteiger charge is -1.88. The molecule has 3 heteroatoms. The van der Waals surface area contributed by atoms with Crippen LogP contribution in [0, 0.1) is 0 Å². The Morgan fingerprint density at radius 2 is 2.25 bits per heavy atom. The highest BCUT2D eigenvalue weighted by Crippen LogP contribution is 1.22. The first-order valence-electron chi connectivity index (χ1n) is 0.638. The van der Waals surface area contributed by atoms with Gasteiger partial charge >= 0.3 is 0 Å². The van der Waals surface area contributed by atoms with Crippen molar-refractivity contribution in [1.82, 2.24) is 0 Å². The predicted octanol–water partition coefficient (Wildman–Crippen LogP) is -1.57. The molecule has 0 saturated carbocycles. The van der Waals surface area contributed by atoms with Crippen molar-refractivity contribution in [2.24, 2.45) is 0 Å². The molecule has 0 aliphatic rings. The zero-order valence-corrected chi connectivity index (χ0v) is 1.80. The van der Waals surface area contributed by atoms with Gasteiger partial charge < -0.3 is 10.1 Å².